The molecule has 3 rings (SSSR count). The van der Waals surface area contributed by atoms with E-state index >= 15 is 0 Å². The molecule has 0 saturated heterocycles. The number of rotatable bonds is 5. The summed E-state index contributed by atoms with van der Waals surface area (Å²) in [5.41, 5.74) is 2.76. The predicted molar refractivity (Wildman–Crippen MR) is 103 cm³/mol. The quantitative estimate of drug-likeness (QED) is 0.818. The van der Waals surface area contributed by atoms with Gasteiger partial charge in [0.15, 0.2) is 0 Å². The fraction of sp³-hybridized carbons (Fsp3) is 0.263. The molecule has 0 atom stereocenters. The van der Waals surface area contributed by atoms with E-state index in [9.17, 15) is 18.0 Å². The third-order valence-electron chi connectivity index (χ3n) is 4.43. The molecule has 142 valence electrons. The van der Waals surface area contributed by atoms with E-state index in [0.717, 1.165) is 5.56 Å². The number of anilines is 2. The molecule has 27 heavy (non-hydrogen) atoms. The molecule has 2 aromatic carbocycles. The molecule has 2 N–H and O–H groups in total. The van der Waals surface area contributed by atoms with Crippen molar-refractivity contribution < 1.29 is 23.1 Å². The molecule has 7 nitrogen and oxygen atoms in total. The molecule has 1 heterocycles. The van der Waals surface area contributed by atoms with E-state index in [-0.39, 0.29) is 12.3 Å². The molecule has 0 aromatic heterocycles. The zero-order valence-electron chi connectivity index (χ0n) is 14.8. The van der Waals surface area contributed by atoms with Gasteiger partial charge in [-0.25, -0.2) is 8.42 Å². The summed E-state index contributed by atoms with van der Waals surface area (Å²) in [5, 5.41) is 11.7. The van der Waals surface area contributed by atoms with Gasteiger partial charge in [0.1, 0.15) is 0 Å². The number of nitrogens with zero attached hydrogens (tertiary/aromatic N) is 1. The highest BCUT2D eigenvalue weighted by Crippen LogP contribution is 2.30. The number of para-hydroxylation sites is 1. The number of benzene rings is 2. The summed E-state index contributed by atoms with van der Waals surface area (Å²) in [6.45, 7) is 0.430. The third-order valence-corrected chi connectivity index (χ3v) is 5.61. The van der Waals surface area contributed by atoms with Crippen molar-refractivity contribution in [2.75, 3.05) is 22.4 Å². The lowest BCUT2D eigenvalue weighted by atomic mass is 10.0. The van der Waals surface area contributed by atoms with Gasteiger partial charge in [0.25, 0.3) is 5.91 Å². The number of amides is 1. The summed E-state index contributed by atoms with van der Waals surface area (Å²) < 4.78 is 25.2. The maximum Gasteiger partial charge on any atom is 0.307 e. The number of carbonyl (C=O) groups excluding carboxylic acids is 1. The smallest absolute Gasteiger partial charge is 0.307 e. The van der Waals surface area contributed by atoms with Crippen molar-refractivity contribution >= 4 is 33.3 Å². The van der Waals surface area contributed by atoms with Crippen molar-refractivity contribution in [2.45, 2.75) is 19.3 Å². The highest BCUT2D eigenvalue weighted by Gasteiger charge is 2.24. The van der Waals surface area contributed by atoms with Crippen LogP contribution in [0.15, 0.2) is 42.5 Å². The fourth-order valence-electron chi connectivity index (χ4n) is 3.20. The van der Waals surface area contributed by atoms with Gasteiger partial charge in [-0.05, 0) is 48.2 Å². The molecule has 8 heteroatoms. The largest absolute Gasteiger partial charge is 0.481 e. The third kappa shape index (κ3) is 4.28. The van der Waals surface area contributed by atoms with E-state index in [4.69, 9.17) is 5.11 Å². The van der Waals surface area contributed by atoms with E-state index in [1.165, 1.54) is 10.6 Å². The molecule has 1 aliphatic heterocycles. The summed E-state index contributed by atoms with van der Waals surface area (Å²) in [5.74, 6) is -1.35. The Kier molecular flexibility index (Phi) is 5.18. The second-order valence-corrected chi connectivity index (χ2v) is 8.37. The van der Waals surface area contributed by atoms with E-state index in [2.05, 4.69) is 5.32 Å². The Morgan fingerprint density at radius 3 is 2.63 bits per heavy atom. The Labute approximate surface area is 157 Å². The number of sulfonamides is 1. The van der Waals surface area contributed by atoms with Crippen LogP contribution in [0.2, 0.25) is 0 Å². The zero-order valence-corrected chi connectivity index (χ0v) is 15.6. The molecule has 0 radical (unpaired) electrons. The first kappa shape index (κ1) is 18.9. The fourth-order valence-corrected chi connectivity index (χ4v) is 4.20. The number of aliphatic carboxylic acids is 1. The number of hydrogen-bond donors (Lipinski definition) is 2. The maximum absolute atomic E-state index is 12.6. The van der Waals surface area contributed by atoms with Gasteiger partial charge >= 0.3 is 5.97 Å². The van der Waals surface area contributed by atoms with Crippen LogP contribution in [-0.4, -0.2) is 38.2 Å². The van der Waals surface area contributed by atoms with E-state index < -0.39 is 16.0 Å². The number of carbonyl (C=O) groups is 2. The Balaban J connectivity index is 1.86. The average Bonchev–Trinajstić information content (AvgIpc) is 2.61. The zero-order chi connectivity index (χ0) is 19.6. The summed E-state index contributed by atoms with van der Waals surface area (Å²) in [6.07, 6.45) is 2.36. The highest BCUT2D eigenvalue weighted by atomic mass is 32.2. The monoisotopic (exact) mass is 388 g/mol. The van der Waals surface area contributed by atoms with Crippen molar-refractivity contribution in [2.24, 2.45) is 0 Å². The second kappa shape index (κ2) is 7.40. The highest BCUT2D eigenvalue weighted by molar-refractivity contribution is 7.92. The number of nitrogens with one attached hydrogen (secondary N) is 1. The van der Waals surface area contributed by atoms with Crippen LogP contribution in [0.1, 0.15) is 27.9 Å². The number of hydrogen-bond acceptors (Lipinski definition) is 4. The Morgan fingerprint density at radius 2 is 1.93 bits per heavy atom. The van der Waals surface area contributed by atoms with Crippen LogP contribution in [-0.2, 0) is 27.7 Å². The van der Waals surface area contributed by atoms with Gasteiger partial charge in [-0.15, -0.1) is 0 Å². The number of fused-ring (bicyclic) bond motifs is 1. The van der Waals surface area contributed by atoms with Crippen LogP contribution in [0.3, 0.4) is 0 Å². The Hall–Kier alpha value is -2.87. The minimum atomic E-state index is -3.36. The first-order valence-electron chi connectivity index (χ1n) is 8.47. The summed E-state index contributed by atoms with van der Waals surface area (Å²) in [6, 6.07) is 11.7. The number of aryl methyl sites for hydroxylation is 1. The summed E-state index contributed by atoms with van der Waals surface area (Å²) >= 11 is 0. The predicted octanol–water partition coefficient (Wildman–Crippen LogP) is 2.28. The topological polar surface area (TPSA) is 104 Å². The minimum Gasteiger partial charge on any atom is -0.481 e. The molecule has 2 aromatic rings. The van der Waals surface area contributed by atoms with Crippen LogP contribution >= 0.6 is 0 Å². The van der Waals surface area contributed by atoms with Crippen LogP contribution in [0, 0.1) is 0 Å². The lowest BCUT2D eigenvalue weighted by Gasteiger charge is -2.29. The van der Waals surface area contributed by atoms with Gasteiger partial charge in [0.2, 0.25) is 10.0 Å². The Morgan fingerprint density at radius 1 is 1.19 bits per heavy atom. The van der Waals surface area contributed by atoms with Crippen molar-refractivity contribution in [1.29, 1.82) is 0 Å². The van der Waals surface area contributed by atoms with Gasteiger partial charge in [-0.3, -0.25) is 13.9 Å². The first-order valence-corrected chi connectivity index (χ1v) is 10.3. The minimum absolute atomic E-state index is 0.191. The standard InChI is InChI=1S/C19H20N2O5S/c1-27(25,26)21-10-4-6-14-11-15(8-9-17(14)21)19(24)20-16-7-3-2-5-13(16)12-18(22)23/h2-3,5,7-9,11H,4,6,10,12H2,1H3,(H,20,24)(H,22,23). The van der Waals surface area contributed by atoms with Crippen molar-refractivity contribution in [3.8, 4) is 0 Å². The SMILES string of the molecule is CS(=O)(=O)N1CCCc2cc(C(=O)Nc3ccccc3CC(=O)O)ccc21. The van der Waals surface area contributed by atoms with Crippen LogP contribution in [0.4, 0.5) is 11.4 Å². The molecule has 0 saturated carbocycles. The molecular weight excluding hydrogens is 368 g/mol. The molecule has 1 amide bonds. The average molecular weight is 388 g/mol. The molecule has 0 spiro atoms. The molecular formula is C19H20N2O5S. The lowest BCUT2D eigenvalue weighted by molar-refractivity contribution is -0.136. The Bertz CT molecular complexity index is 1000. The van der Waals surface area contributed by atoms with Gasteiger partial charge < -0.3 is 10.4 Å². The number of carboxylic acids is 1. The van der Waals surface area contributed by atoms with Crippen LogP contribution in [0.5, 0.6) is 0 Å². The van der Waals surface area contributed by atoms with Gasteiger partial charge in [-0.1, -0.05) is 18.2 Å². The van der Waals surface area contributed by atoms with Crippen LogP contribution in [0.25, 0.3) is 0 Å². The second-order valence-electron chi connectivity index (χ2n) is 6.46. The van der Waals surface area contributed by atoms with Gasteiger partial charge in [0.05, 0.1) is 18.4 Å². The van der Waals surface area contributed by atoms with E-state index in [1.807, 2.05) is 0 Å². The van der Waals surface area contributed by atoms with Crippen LogP contribution < -0.4 is 9.62 Å². The van der Waals surface area contributed by atoms with E-state index in [0.29, 0.717) is 41.9 Å². The summed E-state index contributed by atoms with van der Waals surface area (Å²) in [4.78, 5) is 23.6. The van der Waals surface area contributed by atoms with Crippen molar-refractivity contribution in [3.05, 3.63) is 59.2 Å². The molecule has 1 aliphatic rings. The maximum atomic E-state index is 12.6. The normalized spacial score (nSPS) is 13.7. The van der Waals surface area contributed by atoms with Crippen molar-refractivity contribution in [3.63, 3.8) is 0 Å². The van der Waals surface area contributed by atoms with E-state index in [1.54, 1.807) is 42.5 Å². The number of carboxylic acid groups (broad SMARTS) is 1. The van der Waals surface area contributed by atoms with Crippen molar-refractivity contribution in [1.82, 2.24) is 0 Å². The first-order chi connectivity index (χ1) is 12.8. The van der Waals surface area contributed by atoms with Gasteiger partial charge in [0, 0.05) is 17.8 Å². The molecule has 0 fully saturated rings. The summed E-state index contributed by atoms with van der Waals surface area (Å²) in [7, 11) is -3.36. The van der Waals surface area contributed by atoms with Gasteiger partial charge in [-0.2, -0.15) is 0 Å². The lowest BCUT2D eigenvalue weighted by Crippen LogP contribution is -2.34. The molecule has 0 unspecified atom stereocenters. The molecule has 0 aliphatic carbocycles. The molecule has 0 bridgehead atoms.